The second-order valence-corrected chi connectivity index (χ2v) is 4.37. The number of nitro groups is 1. The minimum absolute atomic E-state index is 0.0183. The summed E-state index contributed by atoms with van der Waals surface area (Å²) in [4.78, 5) is 10.4. The molecule has 1 heterocycles. The highest BCUT2D eigenvalue weighted by atomic mass is 19.1. The minimum atomic E-state index is -0.930. The van der Waals surface area contributed by atoms with Gasteiger partial charge in [-0.3, -0.25) is 10.1 Å². The van der Waals surface area contributed by atoms with Crippen molar-refractivity contribution in [1.82, 2.24) is 20.2 Å². The first kappa shape index (κ1) is 14.5. The van der Waals surface area contributed by atoms with Crippen LogP contribution in [0.5, 0.6) is 11.5 Å². The summed E-state index contributed by atoms with van der Waals surface area (Å²) in [5.41, 5.74) is -0.0442. The number of halogens is 2. The van der Waals surface area contributed by atoms with Crippen LogP contribution in [0.2, 0.25) is 0 Å². The molecular weight excluding hydrogens is 312 g/mol. The Bertz CT molecular complexity index is 870. The average Bonchev–Trinajstić information content (AvgIpc) is 3.04. The van der Waals surface area contributed by atoms with Crippen LogP contribution in [0.15, 0.2) is 42.7 Å². The fraction of sp³-hybridized carbons (Fsp3) is 0. The number of hydrogen-bond donors (Lipinski definition) is 0. The van der Waals surface area contributed by atoms with Crippen molar-refractivity contribution in [2.75, 3.05) is 0 Å². The van der Waals surface area contributed by atoms with Crippen molar-refractivity contribution in [1.29, 1.82) is 0 Å². The first-order valence-corrected chi connectivity index (χ1v) is 6.19. The molecule has 23 heavy (non-hydrogen) atoms. The van der Waals surface area contributed by atoms with Crippen molar-refractivity contribution in [2.45, 2.75) is 0 Å². The maximum Gasteiger partial charge on any atom is 0.275 e. The van der Waals surface area contributed by atoms with Crippen molar-refractivity contribution in [3.63, 3.8) is 0 Å². The molecule has 2 aromatic carbocycles. The second kappa shape index (κ2) is 5.75. The third-order valence-corrected chi connectivity index (χ3v) is 2.82. The van der Waals surface area contributed by atoms with Gasteiger partial charge in [-0.2, -0.15) is 0 Å². The SMILES string of the molecule is O=[N+]([O-])c1cc(Oc2ccc(F)cc2F)cc(-n2cnnn2)c1. The van der Waals surface area contributed by atoms with E-state index in [2.05, 4.69) is 15.5 Å². The summed E-state index contributed by atoms with van der Waals surface area (Å²) in [5.74, 6) is -1.98. The molecule has 0 aliphatic carbocycles. The molecule has 0 bridgehead atoms. The highest BCUT2D eigenvalue weighted by Crippen LogP contribution is 2.30. The van der Waals surface area contributed by atoms with Gasteiger partial charge in [0, 0.05) is 18.2 Å². The Labute approximate surface area is 127 Å². The zero-order chi connectivity index (χ0) is 16.4. The Morgan fingerprint density at radius 2 is 2.00 bits per heavy atom. The molecule has 0 atom stereocenters. The molecule has 116 valence electrons. The molecule has 0 spiro atoms. The molecule has 0 aliphatic rings. The number of aromatic nitrogens is 4. The van der Waals surface area contributed by atoms with Gasteiger partial charge in [0.2, 0.25) is 0 Å². The number of rotatable bonds is 4. The molecule has 10 heteroatoms. The van der Waals surface area contributed by atoms with E-state index in [-0.39, 0.29) is 22.9 Å². The third kappa shape index (κ3) is 3.10. The van der Waals surface area contributed by atoms with Gasteiger partial charge < -0.3 is 4.74 Å². The van der Waals surface area contributed by atoms with Gasteiger partial charge in [0.05, 0.1) is 16.7 Å². The number of nitro benzene ring substituents is 1. The van der Waals surface area contributed by atoms with E-state index in [9.17, 15) is 18.9 Å². The van der Waals surface area contributed by atoms with Crippen LogP contribution in [0.1, 0.15) is 0 Å². The first-order chi connectivity index (χ1) is 11.0. The molecule has 3 rings (SSSR count). The van der Waals surface area contributed by atoms with Gasteiger partial charge in [-0.15, -0.1) is 5.10 Å². The molecule has 0 N–H and O–H groups in total. The molecule has 0 radical (unpaired) electrons. The summed E-state index contributed by atoms with van der Waals surface area (Å²) in [7, 11) is 0. The van der Waals surface area contributed by atoms with Gasteiger partial charge in [0.25, 0.3) is 5.69 Å². The number of ether oxygens (including phenoxy) is 1. The van der Waals surface area contributed by atoms with Crippen molar-refractivity contribution in [2.24, 2.45) is 0 Å². The van der Waals surface area contributed by atoms with E-state index in [1.165, 1.54) is 23.1 Å². The lowest BCUT2D eigenvalue weighted by atomic mass is 10.2. The molecule has 0 unspecified atom stereocenters. The lowest BCUT2D eigenvalue weighted by Crippen LogP contribution is -1.99. The molecule has 0 fully saturated rings. The fourth-order valence-electron chi connectivity index (χ4n) is 1.83. The van der Waals surface area contributed by atoms with Gasteiger partial charge in [-0.25, -0.2) is 13.5 Å². The van der Waals surface area contributed by atoms with Gasteiger partial charge in [0.1, 0.15) is 17.9 Å². The van der Waals surface area contributed by atoms with Crippen LogP contribution >= 0.6 is 0 Å². The predicted molar refractivity (Wildman–Crippen MR) is 72.2 cm³/mol. The van der Waals surface area contributed by atoms with Gasteiger partial charge in [-0.05, 0) is 22.6 Å². The topological polar surface area (TPSA) is 96.0 Å². The Morgan fingerprint density at radius 1 is 1.17 bits per heavy atom. The monoisotopic (exact) mass is 319 g/mol. The molecular formula is C13H7F2N5O3. The molecule has 0 saturated carbocycles. The summed E-state index contributed by atoms with van der Waals surface area (Å²) in [6.07, 6.45) is 1.24. The summed E-state index contributed by atoms with van der Waals surface area (Å²) < 4.78 is 33.0. The van der Waals surface area contributed by atoms with E-state index in [0.29, 0.717) is 6.07 Å². The van der Waals surface area contributed by atoms with Gasteiger partial charge in [-0.1, -0.05) is 0 Å². The van der Waals surface area contributed by atoms with E-state index in [1.807, 2.05) is 0 Å². The summed E-state index contributed by atoms with van der Waals surface area (Å²) >= 11 is 0. The van der Waals surface area contributed by atoms with Crippen molar-refractivity contribution in [3.05, 3.63) is 64.5 Å². The van der Waals surface area contributed by atoms with Crippen molar-refractivity contribution in [3.8, 4) is 17.2 Å². The normalized spacial score (nSPS) is 10.5. The van der Waals surface area contributed by atoms with E-state index in [4.69, 9.17) is 4.74 Å². The highest BCUT2D eigenvalue weighted by molar-refractivity contribution is 5.50. The van der Waals surface area contributed by atoms with E-state index in [1.54, 1.807) is 0 Å². The van der Waals surface area contributed by atoms with Gasteiger partial charge in [0.15, 0.2) is 11.6 Å². The van der Waals surface area contributed by atoms with Crippen LogP contribution in [-0.2, 0) is 0 Å². The van der Waals surface area contributed by atoms with Crippen LogP contribution in [0.3, 0.4) is 0 Å². The Hall–Kier alpha value is -3.43. The maximum absolute atomic E-state index is 13.6. The maximum atomic E-state index is 13.6. The van der Waals surface area contributed by atoms with E-state index < -0.39 is 16.6 Å². The van der Waals surface area contributed by atoms with Crippen LogP contribution < -0.4 is 4.74 Å². The highest BCUT2D eigenvalue weighted by Gasteiger charge is 2.14. The standard InChI is InChI=1S/C13H7F2N5O3/c14-8-1-2-13(12(15)3-8)23-11-5-9(19-7-16-17-18-19)4-10(6-11)20(21)22/h1-7H. The largest absolute Gasteiger partial charge is 0.454 e. The Morgan fingerprint density at radius 3 is 2.65 bits per heavy atom. The van der Waals surface area contributed by atoms with E-state index >= 15 is 0 Å². The van der Waals surface area contributed by atoms with Crippen molar-refractivity contribution >= 4 is 5.69 Å². The number of non-ortho nitro benzene ring substituents is 1. The quantitative estimate of drug-likeness (QED) is 0.542. The van der Waals surface area contributed by atoms with Crippen LogP contribution in [0.4, 0.5) is 14.5 Å². The molecule has 8 nitrogen and oxygen atoms in total. The lowest BCUT2D eigenvalue weighted by molar-refractivity contribution is -0.384. The fourth-order valence-corrected chi connectivity index (χ4v) is 1.83. The third-order valence-electron chi connectivity index (χ3n) is 2.82. The number of tetrazole rings is 1. The zero-order valence-corrected chi connectivity index (χ0v) is 11.3. The summed E-state index contributed by atoms with van der Waals surface area (Å²) in [6.45, 7) is 0. The second-order valence-electron chi connectivity index (χ2n) is 4.37. The smallest absolute Gasteiger partial charge is 0.275 e. The Balaban J connectivity index is 2.02. The molecule has 0 saturated heterocycles. The summed E-state index contributed by atoms with van der Waals surface area (Å²) in [6, 6.07) is 6.46. The van der Waals surface area contributed by atoms with Crippen LogP contribution in [-0.4, -0.2) is 25.1 Å². The minimum Gasteiger partial charge on any atom is -0.454 e. The van der Waals surface area contributed by atoms with Crippen molar-refractivity contribution < 1.29 is 18.4 Å². The molecule has 0 amide bonds. The number of nitrogens with zero attached hydrogens (tertiary/aromatic N) is 5. The lowest BCUT2D eigenvalue weighted by Gasteiger charge is -2.08. The summed E-state index contributed by atoms with van der Waals surface area (Å²) in [5, 5.41) is 21.5. The predicted octanol–water partition coefficient (Wildman–Crippen LogP) is 2.64. The molecule has 0 aliphatic heterocycles. The first-order valence-electron chi connectivity index (χ1n) is 6.19. The Kier molecular flexibility index (Phi) is 3.63. The van der Waals surface area contributed by atoms with Gasteiger partial charge >= 0.3 is 0 Å². The number of hydrogen-bond acceptors (Lipinski definition) is 6. The molecule has 1 aromatic heterocycles. The zero-order valence-electron chi connectivity index (χ0n) is 11.3. The van der Waals surface area contributed by atoms with Crippen LogP contribution in [0, 0.1) is 21.7 Å². The average molecular weight is 319 g/mol. The number of benzene rings is 2. The van der Waals surface area contributed by atoms with Crippen LogP contribution in [0.25, 0.3) is 5.69 Å². The molecule has 3 aromatic rings. The van der Waals surface area contributed by atoms with E-state index in [0.717, 1.165) is 18.2 Å².